The Balaban J connectivity index is 2.19. The molecule has 0 bridgehead atoms. The van der Waals surface area contributed by atoms with Gasteiger partial charge in [0.05, 0.1) is 16.3 Å². The molecule has 1 saturated heterocycles. The summed E-state index contributed by atoms with van der Waals surface area (Å²) < 4.78 is 23.7. The summed E-state index contributed by atoms with van der Waals surface area (Å²) in [6, 6.07) is 3.95. The largest absolute Gasteiger partial charge is 0.506 e. The normalized spacial score (nSPS) is 16.6. The van der Waals surface area contributed by atoms with Crippen LogP contribution in [0.2, 0.25) is 0 Å². The Morgan fingerprint density at radius 3 is 2.67 bits per heavy atom. The van der Waals surface area contributed by atoms with Crippen LogP contribution in [-0.2, 0) is 14.6 Å². The zero-order valence-corrected chi connectivity index (χ0v) is 12.7. The van der Waals surface area contributed by atoms with Crippen LogP contribution < -0.4 is 10.6 Å². The van der Waals surface area contributed by atoms with Crippen LogP contribution in [0.4, 0.5) is 5.69 Å². The molecule has 0 saturated carbocycles. The molecule has 6 nitrogen and oxygen atoms in total. The molecule has 0 aromatic heterocycles. The lowest BCUT2D eigenvalue weighted by atomic mass is 9.97. The van der Waals surface area contributed by atoms with Crippen LogP contribution in [0, 0.1) is 5.92 Å². The minimum absolute atomic E-state index is 0.0283. The smallest absolute Gasteiger partial charge is 0.227 e. The van der Waals surface area contributed by atoms with Gasteiger partial charge in [0.25, 0.3) is 0 Å². The van der Waals surface area contributed by atoms with E-state index in [-0.39, 0.29) is 33.9 Å². The van der Waals surface area contributed by atoms with Gasteiger partial charge >= 0.3 is 0 Å². The lowest BCUT2D eigenvalue weighted by Gasteiger charge is -2.22. The molecule has 0 unspecified atom stereocenters. The van der Waals surface area contributed by atoms with E-state index in [1.54, 1.807) is 6.92 Å². The van der Waals surface area contributed by atoms with Crippen molar-refractivity contribution >= 4 is 21.4 Å². The van der Waals surface area contributed by atoms with Crippen LogP contribution in [0.5, 0.6) is 5.75 Å². The van der Waals surface area contributed by atoms with Crippen molar-refractivity contribution in [3.8, 4) is 5.75 Å². The molecule has 1 aromatic carbocycles. The summed E-state index contributed by atoms with van der Waals surface area (Å²) in [4.78, 5) is 12.3. The van der Waals surface area contributed by atoms with Crippen LogP contribution in [0.1, 0.15) is 19.8 Å². The Hall–Kier alpha value is -1.60. The summed E-state index contributed by atoms with van der Waals surface area (Å²) in [6.45, 7) is 3.12. The molecule has 1 aliphatic rings. The van der Waals surface area contributed by atoms with E-state index in [0.717, 1.165) is 25.9 Å². The number of amides is 1. The SMILES string of the molecule is CCS(=O)(=O)c1ccc(O)c(NC(=O)C2CCNCC2)c1. The minimum Gasteiger partial charge on any atom is -0.506 e. The maximum absolute atomic E-state index is 12.2. The third-order valence-corrected chi connectivity index (χ3v) is 5.41. The highest BCUT2D eigenvalue weighted by Crippen LogP contribution is 2.28. The number of phenols is 1. The molecule has 3 N–H and O–H groups in total. The summed E-state index contributed by atoms with van der Waals surface area (Å²) >= 11 is 0. The van der Waals surface area contributed by atoms with Gasteiger partial charge in [0.1, 0.15) is 5.75 Å². The van der Waals surface area contributed by atoms with E-state index >= 15 is 0 Å². The first-order valence-electron chi connectivity index (χ1n) is 7.01. The van der Waals surface area contributed by atoms with Crippen molar-refractivity contribution in [1.82, 2.24) is 5.32 Å². The Labute approximate surface area is 124 Å². The molecule has 2 rings (SSSR count). The number of hydrogen-bond donors (Lipinski definition) is 3. The van der Waals surface area contributed by atoms with Crippen LogP contribution in [0.25, 0.3) is 0 Å². The minimum atomic E-state index is -3.37. The quantitative estimate of drug-likeness (QED) is 0.724. The number of sulfone groups is 1. The van der Waals surface area contributed by atoms with E-state index in [1.807, 2.05) is 0 Å². The summed E-state index contributed by atoms with van der Waals surface area (Å²) in [6.07, 6.45) is 1.47. The number of aromatic hydroxyl groups is 1. The van der Waals surface area contributed by atoms with Gasteiger partial charge in [-0.3, -0.25) is 4.79 Å². The first-order chi connectivity index (χ1) is 9.94. The topological polar surface area (TPSA) is 95.5 Å². The molecule has 0 aliphatic carbocycles. The molecule has 1 aromatic rings. The first kappa shape index (κ1) is 15.8. The molecule has 1 amide bonds. The fourth-order valence-electron chi connectivity index (χ4n) is 2.29. The molecule has 0 spiro atoms. The fraction of sp³-hybridized carbons (Fsp3) is 0.500. The van der Waals surface area contributed by atoms with Crippen molar-refractivity contribution in [3.63, 3.8) is 0 Å². The number of nitrogens with one attached hydrogen (secondary N) is 2. The van der Waals surface area contributed by atoms with E-state index in [0.29, 0.717) is 0 Å². The van der Waals surface area contributed by atoms with Crippen molar-refractivity contribution in [1.29, 1.82) is 0 Å². The number of phenolic OH excluding ortho intramolecular Hbond substituents is 1. The van der Waals surface area contributed by atoms with E-state index in [1.165, 1.54) is 18.2 Å². The zero-order chi connectivity index (χ0) is 15.5. The molecule has 116 valence electrons. The number of benzene rings is 1. The highest BCUT2D eigenvalue weighted by molar-refractivity contribution is 7.91. The highest BCUT2D eigenvalue weighted by atomic mass is 32.2. The zero-order valence-electron chi connectivity index (χ0n) is 11.9. The van der Waals surface area contributed by atoms with Crippen molar-refractivity contribution in [2.24, 2.45) is 5.92 Å². The van der Waals surface area contributed by atoms with Gasteiger partial charge < -0.3 is 15.7 Å². The number of piperidine rings is 1. The monoisotopic (exact) mass is 312 g/mol. The molecule has 0 atom stereocenters. The average molecular weight is 312 g/mol. The van der Waals surface area contributed by atoms with Crippen LogP contribution in [0.3, 0.4) is 0 Å². The van der Waals surface area contributed by atoms with Crippen molar-refractivity contribution in [2.75, 3.05) is 24.2 Å². The summed E-state index contributed by atoms with van der Waals surface area (Å²) in [5, 5.41) is 15.6. The lowest BCUT2D eigenvalue weighted by Crippen LogP contribution is -2.34. The van der Waals surface area contributed by atoms with Gasteiger partial charge in [-0.25, -0.2) is 8.42 Å². The number of rotatable bonds is 4. The van der Waals surface area contributed by atoms with Gasteiger partial charge in [-0.2, -0.15) is 0 Å². The molecule has 21 heavy (non-hydrogen) atoms. The van der Waals surface area contributed by atoms with E-state index in [4.69, 9.17) is 0 Å². The molecular formula is C14H20N2O4S. The van der Waals surface area contributed by atoms with E-state index < -0.39 is 9.84 Å². The maximum Gasteiger partial charge on any atom is 0.227 e. The number of hydrogen-bond acceptors (Lipinski definition) is 5. The molecule has 1 fully saturated rings. The second kappa shape index (κ2) is 6.44. The van der Waals surface area contributed by atoms with Crippen LogP contribution >= 0.6 is 0 Å². The third-order valence-electron chi connectivity index (χ3n) is 3.67. The molecule has 0 radical (unpaired) electrons. The van der Waals surface area contributed by atoms with Crippen LogP contribution in [-0.4, -0.2) is 38.3 Å². The Morgan fingerprint density at radius 2 is 2.05 bits per heavy atom. The predicted molar refractivity (Wildman–Crippen MR) is 80.1 cm³/mol. The van der Waals surface area contributed by atoms with Crippen molar-refractivity contribution < 1.29 is 18.3 Å². The predicted octanol–water partition coefficient (Wildman–Crippen LogP) is 1.12. The standard InChI is InChI=1S/C14H20N2O4S/c1-2-21(19,20)11-3-4-13(17)12(9-11)16-14(18)10-5-7-15-8-6-10/h3-4,9-10,15,17H,2,5-8H2,1H3,(H,16,18). The van der Waals surface area contributed by atoms with E-state index in [2.05, 4.69) is 10.6 Å². The van der Waals surface area contributed by atoms with Gasteiger partial charge in [-0.1, -0.05) is 6.92 Å². The number of carbonyl (C=O) groups excluding carboxylic acids is 1. The van der Waals surface area contributed by atoms with Gasteiger partial charge in [-0.15, -0.1) is 0 Å². The Kier molecular flexibility index (Phi) is 4.84. The first-order valence-corrected chi connectivity index (χ1v) is 8.66. The molecule has 1 aliphatic heterocycles. The maximum atomic E-state index is 12.2. The van der Waals surface area contributed by atoms with Crippen LogP contribution in [0.15, 0.2) is 23.1 Å². The molecule has 7 heteroatoms. The number of carbonyl (C=O) groups is 1. The summed E-state index contributed by atoms with van der Waals surface area (Å²) in [5.74, 6) is -0.457. The Morgan fingerprint density at radius 1 is 1.38 bits per heavy atom. The summed E-state index contributed by atoms with van der Waals surface area (Å²) in [7, 11) is -3.37. The second-order valence-electron chi connectivity index (χ2n) is 5.10. The highest BCUT2D eigenvalue weighted by Gasteiger charge is 2.22. The molecular weight excluding hydrogens is 292 g/mol. The van der Waals surface area contributed by atoms with Crippen molar-refractivity contribution in [2.45, 2.75) is 24.7 Å². The fourth-order valence-corrected chi connectivity index (χ4v) is 3.20. The van der Waals surface area contributed by atoms with Crippen molar-refractivity contribution in [3.05, 3.63) is 18.2 Å². The average Bonchev–Trinajstić information content (AvgIpc) is 2.50. The van der Waals surface area contributed by atoms with Gasteiger partial charge in [0.2, 0.25) is 5.91 Å². The van der Waals surface area contributed by atoms with Gasteiger partial charge in [0.15, 0.2) is 9.84 Å². The molecule has 1 heterocycles. The summed E-state index contributed by atoms with van der Waals surface area (Å²) in [5.41, 5.74) is 0.146. The van der Waals surface area contributed by atoms with Gasteiger partial charge in [-0.05, 0) is 44.1 Å². The Bertz CT molecular complexity index is 622. The lowest BCUT2D eigenvalue weighted by molar-refractivity contribution is -0.120. The van der Waals surface area contributed by atoms with E-state index in [9.17, 15) is 18.3 Å². The number of anilines is 1. The van der Waals surface area contributed by atoms with Gasteiger partial charge in [0, 0.05) is 5.92 Å². The second-order valence-corrected chi connectivity index (χ2v) is 7.37. The third kappa shape index (κ3) is 3.74.